The van der Waals surface area contributed by atoms with Crippen molar-refractivity contribution in [3.63, 3.8) is 0 Å². The van der Waals surface area contributed by atoms with Gasteiger partial charge in [-0.1, -0.05) is 24.6 Å². The molecule has 0 radical (unpaired) electrons. The van der Waals surface area contributed by atoms with Gasteiger partial charge in [0.05, 0.1) is 17.2 Å². The number of rotatable bonds is 3. The van der Waals surface area contributed by atoms with Gasteiger partial charge in [-0.2, -0.15) is 0 Å². The molecule has 0 amide bonds. The number of aliphatic hydroxyl groups is 1. The van der Waals surface area contributed by atoms with Crippen LogP contribution >= 0.6 is 11.6 Å². The first-order valence-electron chi connectivity index (χ1n) is 6.00. The van der Waals surface area contributed by atoms with Gasteiger partial charge in [-0.15, -0.1) is 0 Å². The normalized spacial score (nSPS) is 25.4. The Morgan fingerprint density at radius 2 is 2.29 bits per heavy atom. The molecule has 2 atom stereocenters. The molecule has 1 aliphatic heterocycles. The highest BCUT2D eigenvalue weighted by atomic mass is 35.5. The second kappa shape index (κ2) is 5.34. The lowest BCUT2D eigenvalue weighted by molar-refractivity contribution is 0.116. The van der Waals surface area contributed by atoms with E-state index in [9.17, 15) is 9.50 Å². The maximum atomic E-state index is 13.4. The summed E-state index contributed by atoms with van der Waals surface area (Å²) in [7, 11) is 0. The monoisotopic (exact) mass is 257 g/mol. The van der Waals surface area contributed by atoms with Gasteiger partial charge in [-0.05, 0) is 37.1 Å². The third-order valence-electron chi connectivity index (χ3n) is 3.27. The maximum Gasteiger partial charge on any atom is 0.142 e. The molecule has 0 bridgehead atoms. The smallest absolute Gasteiger partial charge is 0.142 e. The minimum atomic E-state index is -0.417. The van der Waals surface area contributed by atoms with E-state index in [2.05, 4.69) is 11.8 Å². The predicted molar refractivity (Wildman–Crippen MR) is 66.6 cm³/mol. The lowest BCUT2D eigenvalue weighted by Crippen LogP contribution is -2.28. The Kier molecular flexibility index (Phi) is 4.02. The molecule has 1 heterocycles. The largest absolute Gasteiger partial charge is 0.391 e. The number of hydrogen-bond acceptors (Lipinski definition) is 2. The highest BCUT2D eigenvalue weighted by Gasteiger charge is 2.33. The molecule has 1 N–H and O–H groups in total. The molecule has 2 rings (SSSR count). The van der Waals surface area contributed by atoms with E-state index in [1.165, 1.54) is 6.07 Å². The van der Waals surface area contributed by atoms with Crippen LogP contribution in [0.25, 0.3) is 0 Å². The summed E-state index contributed by atoms with van der Waals surface area (Å²) >= 11 is 5.67. The van der Waals surface area contributed by atoms with E-state index >= 15 is 0 Å². The van der Waals surface area contributed by atoms with E-state index in [0.717, 1.165) is 31.5 Å². The molecule has 0 saturated carbocycles. The summed E-state index contributed by atoms with van der Waals surface area (Å²) in [6.07, 6.45) is 1.36. The summed E-state index contributed by atoms with van der Waals surface area (Å²) in [6.45, 7) is 3.89. The molecule has 1 saturated heterocycles. The lowest BCUT2D eigenvalue weighted by atomic mass is 10.0. The van der Waals surface area contributed by atoms with Crippen molar-refractivity contribution in [1.82, 2.24) is 4.90 Å². The number of hydrogen-bond donors (Lipinski definition) is 1. The Morgan fingerprint density at radius 1 is 1.53 bits per heavy atom. The summed E-state index contributed by atoms with van der Waals surface area (Å²) < 4.78 is 13.4. The molecule has 4 heteroatoms. The van der Waals surface area contributed by atoms with Crippen LogP contribution in [0.1, 0.15) is 31.4 Å². The molecule has 94 valence electrons. The van der Waals surface area contributed by atoms with Crippen LogP contribution in [0.15, 0.2) is 18.2 Å². The Morgan fingerprint density at radius 3 is 2.94 bits per heavy atom. The van der Waals surface area contributed by atoms with Crippen molar-refractivity contribution in [2.24, 2.45) is 0 Å². The van der Waals surface area contributed by atoms with Crippen LogP contribution in [0.2, 0.25) is 5.02 Å². The van der Waals surface area contributed by atoms with Gasteiger partial charge in [0.15, 0.2) is 0 Å². The van der Waals surface area contributed by atoms with Gasteiger partial charge in [0, 0.05) is 6.54 Å². The Labute approximate surface area is 106 Å². The van der Waals surface area contributed by atoms with Gasteiger partial charge < -0.3 is 5.11 Å². The first-order valence-corrected chi connectivity index (χ1v) is 6.38. The fourth-order valence-corrected chi connectivity index (χ4v) is 2.62. The molecule has 1 aliphatic rings. The van der Waals surface area contributed by atoms with Gasteiger partial charge in [-0.3, -0.25) is 4.90 Å². The predicted octanol–water partition coefficient (Wildman–Crippen LogP) is 3.00. The number of benzene rings is 1. The van der Waals surface area contributed by atoms with Crippen LogP contribution in [0.5, 0.6) is 0 Å². The average molecular weight is 258 g/mol. The SMILES string of the molecule is CCCN1CCC(O)C1c1ccc(Cl)c(F)c1. The van der Waals surface area contributed by atoms with E-state index in [1.54, 1.807) is 12.1 Å². The molecule has 2 unspecified atom stereocenters. The standard InChI is InChI=1S/C13H17ClFNO/c1-2-6-16-7-5-12(17)13(16)9-3-4-10(14)11(15)8-9/h3-4,8,12-13,17H,2,5-7H2,1H3. The van der Waals surface area contributed by atoms with E-state index in [-0.39, 0.29) is 11.1 Å². The van der Waals surface area contributed by atoms with Gasteiger partial charge >= 0.3 is 0 Å². The molecule has 17 heavy (non-hydrogen) atoms. The first kappa shape index (κ1) is 12.8. The minimum absolute atomic E-state index is 0.0956. The zero-order valence-electron chi connectivity index (χ0n) is 9.87. The molecule has 0 aromatic heterocycles. The number of likely N-dealkylation sites (tertiary alicyclic amines) is 1. The molecular weight excluding hydrogens is 241 g/mol. The zero-order valence-corrected chi connectivity index (χ0v) is 10.6. The van der Waals surface area contributed by atoms with Crippen molar-refractivity contribution < 1.29 is 9.50 Å². The first-order chi connectivity index (χ1) is 8.13. The van der Waals surface area contributed by atoms with E-state index in [4.69, 9.17) is 11.6 Å². The second-order valence-corrected chi connectivity index (χ2v) is 4.92. The van der Waals surface area contributed by atoms with Crippen molar-refractivity contribution in [3.8, 4) is 0 Å². The average Bonchev–Trinajstić information content (AvgIpc) is 2.65. The summed E-state index contributed by atoms with van der Waals surface area (Å²) in [6, 6.07) is 4.69. The van der Waals surface area contributed by atoms with E-state index in [1.807, 2.05) is 0 Å². The molecule has 2 nitrogen and oxygen atoms in total. The molecule has 1 aromatic rings. The van der Waals surface area contributed by atoms with Gasteiger partial charge in [0.1, 0.15) is 5.82 Å². The van der Waals surface area contributed by atoms with Crippen LogP contribution < -0.4 is 0 Å². The van der Waals surface area contributed by atoms with Crippen LogP contribution in [0.4, 0.5) is 4.39 Å². The minimum Gasteiger partial charge on any atom is -0.391 e. The third-order valence-corrected chi connectivity index (χ3v) is 3.57. The van der Waals surface area contributed by atoms with E-state index < -0.39 is 11.9 Å². The zero-order chi connectivity index (χ0) is 12.4. The lowest BCUT2D eigenvalue weighted by Gasteiger charge is -2.26. The molecule has 0 aliphatic carbocycles. The van der Waals surface area contributed by atoms with Crippen molar-refractivity contribution >= 4 is 11.6 Å². The fourth-order valence-electron chi connectivity index (χ4n) is 2.51. The summed E-state index contributed by atoms with van der Waals surface area (Å²) in [5, 5.41) is 10.1. The summed E-state index contributed by atoms with van der Waals surface area (Å²) in [4.78, 5) is 2.20. The highest BCUT2D eigenvalue weighted by Crippen LogP contribution is 2.33. The van der Waals surface area contributed by atoms with Crippen molar-refractivity contribution in [2.75, 3.05) is 13.1 Å². The van der Waals surface area contributed by atoms with Gasteiger partial charge in [-0.25, -0.2) is 4.39 Å². The Bertz CT molecular complexity index is 397. The van der Waals surface area contributed by atoms with Crippen molar-refractivity contribution in [3.05, 3.63) is 34.6 Å². The number of nitrogens with zero attached hydrogens (tertiary/aromatic N) is 1. The van der Waals surface area contributed by atoms with Gasteiger partial charge in [0.2, 0.25) is 0 Å². The van der Waals surface area contributed by atoms with Crippen molar-refractivity contribution in [1.29, 1.82) is 0 Å². The third kappa shape index (κ3) is 2.62. The Hall–Kier alpha value is -0.640. The van der Waals surface area contributed by atoms with Crippen LogP contribution in [0, 0.1) is 5.82 Å². The van der Waals surface area contributed by atoms with Crippen LogP contribution in [0.3, 0.4) is 0 Å². The molecular formula is C13H17ClFNO. The quantitative estimate of drug-likeness (QED) is 0.900. The number of aliphatic hydroxyl groups excluding tert-OH is 1. The molecule has 1 aromatic carbocycles. The van der Waals surface area contributed by atoms with E-state index in [0.29, 0.717) is 0 Å². The fraction of sp³-hybridized carbons (Fsp3) is 0.538. The molecule has 0 spiro atoms. The maximum absolute atomic E-state index is 13.4. The second-order valence-electron chi connectivity index (χ2n) is 4.51. The summed E-state index contributed by atoms with van der Waals surface area (Å²) in [5.74, 6) is -0.417. The van der Waals surface area contributed by atoms with Crippen LogP contribution in [-0.4, -0.2) is 29.2 Å². The van der Waals surface area contributed by atoms with Crippen molar-refractivity contribution in [2.45, 2.75) is 31.9 Å². The van der Waals surface area contributed by atoms with Gasteiger partial charge in [0.25, 0.3) is 0 Å². The molecule has 1 fully saturated rings. The van der Waals surface area contributed by atoms with Crippen LogP contribution in [-0.2, 0) is 0 Å². The topological polar surface area (TPSA) is 23.5 Å². The summed E-state index contributed by atoms with van der Waals surface area (Å²) in [5.41, 5.74) is 0.811. The highest BCUT2D eigenvalue weighted by molar-refractivity contribution is 6.30. The number of halogens is 2. The Balaban J connectivity index is 2.26.